The van der Waals surface area contributed by atoms with E-state index < -0.39 is 12.0 Å². The van der Waals surface area contributed by atoms with Gasteiger partial charge in [0.25, 0.3) is 0 Å². The number of hydrogen-bond acceptors (Lipinski definition) is 5. The highest BCUT2D eigenvalue weighted by molar-refractivity contribution is 9.10. The summed E-state index contributed by atoms with van der Waals surface area (Å²) in [5, 5.41) is 4.74. The molecule has 22 heavy (non-hydrogen) atoms. The van der Waals surface area contributed by atoms with Crippen LogP contribution in [0, 0.1) is 0 Å². The van der Waals surface area contributed by atoms with Crippen molar-refractivity contribution in [1.29, 1.82) is 0 Å². The van der Waals surface area contributed by atoms with Crippen molar-refractivity contribution in [2.45, 2.75) is 13.0 Å². The Kier molecular flexibility index (Phi) is 5.60. The lowest BCUT2D eigenvalue weighted by Gasteiger charge is -2.32. The van der Waals surface area contributed by atoms with Gasteiger partial charge in [-0.15, -0.1) is 11.3 Å². The molecule has 120 valence electrons. The first kappa shape index (κ1) is 17.0. The number of halogens is 1. The Bertz CT molecular complexity index is 614. The molecule has 6 nitrogen and oxygen atoms in total. The minimum atomic E-state index is -0.505. The van der Waals surface area contributed by atoms with Crippen molar-refractivity contribution in [2.75, 3.05) is 27.4 Å². The molecular formula is C14H17BrN2O4S. The Morgan fingerprint density at radius 3 is 2.82 bits per heavy atom. The molecule has 1 aromatic rings. The van der Waals surface area contributed by atoms with Gasteiger partial charge in [-0.2, -0.15) is 0 Å². The summed E-state index contributed by atoms with van der Waals surface area (Å²) in [6, 6.07) is 1.13. The molecule has 0 aliphatic carbocycles. The Labute approximate surface area is 141 Å². The highest BCUT2D eigenvalue weighted by Crippen LogP contribution is 2.35. The number of allylic oxidation sites excluding steroid dienone is 1. The maximum absolute atomic E-state index is 12.4. The molecule has 2 rings (SSSR count). The molecule has 1 aliphatic rings. The number of carbonyl (C=O) groups excluding carboxylic acids is 2. The van der Waals surface area contributed by atoms with Crippen molar-refractivity contribution in [1.82, 2.24) is 10.2 Å². The third-order valence-corrected chi connectivity index (χ3v) is 5.13. The molecule has 1 aromatic heterocycles. The van der Waals surface area contributed by atoms with Crippen molar-refractivity contribution in [2.24, 2.45) is 0 Å². The second-order valence-corrected chi connectivity index (χ2v) is 6.60. The lowest BCUT2D eigenvalue weighted by Crippen LogP contribution is -2.46. The van der Waals surface area contributed by atoms with Crippen LogP contribution in [0.3, 0.4) is 0 Å². The van der Waals surface area contributed by atoms with Crippen LogP contribution in [-0.4, -0.2) is 44.3 Å². The molecule has 0 unspecified atom stereocenters. The molecule has 8 heteroatoms. The van der Waals surface area contributed by atoms with E-state index in [1.807, 2.05) is 11.4 Å². The summed E-state index contributed by atoms with van der Waals surface area (Å²) in [5.41, 5.74) is 1.02. The summed E-state index contributed by atoms with van der Waals surface area (Å²) in [6.07, 6.45) is 0. The van der Waals surface area contributed by atoms with E-state index in [9.17, 15) is 9.59 Å². The van der Waals surface area contributed by atoms with Gasteiger partial charge in [-0.1, -0.05) is 0 Å². The van der Waals surface area contributed by atoms with E-state index in [2.05, 4.69) is 21.2 Å². The predicted molar refractivity (Wildman–Crippen MR) is 86.6 cm³/mol. The van der Waals surface area contributed by atoms with Crippen LogP contribution in [-0.2, 0) is 14.3 Å². The number of methoxy groups -OCH3 is 1. The minimum Gasteiger partial charge on any atom is -0.460 e. The molecule has 0 aromatic carbocycles. The van der Waals surface area contributed by atoms with Crippen LogP contribution in [0.1, 0.15) is 17.8 Å². The zero-order chi connectivity index (χ0) is 16.3. The minimum absolute atomic E-state index is 0.171. The average Bonchev–Trinajstić information content (AvgIpc) is 2.91. The molecule has 0 radical (unpaired) electrons. The van der Waals surface area contributed by atoms with Crippen LogP contribution in [0.4, 0.5) is 4.79 Å². The van der Waals surface area contributed by atoms with E-state index in [0.29, 0.717) is 17.9 Å². The highest BCUT2D eigenvalue weighted by atomic mass is 79.9. The van der Waals surface area contributed by atoms with E-state index in [0.717, 1.165) is 9.35 Å². The van der Waals surface area contributed by atoms with Gasteiger partial charge in [0.2, 0.25) is 0 Å². The van der Waals surface area contributed by atoms with Gasteiger partial charge in [0.15, 0.2) is 0 Å². The topological polar surface area (TPSA) is 67.9 Å². The Balaban J connectivity index is 2.33. The molecule has 1 N–H and O–H groups in total. The van der Waals surface area contributed by atoms with Crippen LogP contribution in [0.25, 0.3) is 0 Å². The smallest absolute Gasteiger partial charge is 0.338 e. The van der Waals surface area contributed by atoms with Crippen LogP contribution >= 0.6 is 27.3 Å². The molecule has 0 spiro atoms. The predicted octanol–water partition coefficient (Wildman–Crippen LogP) is 2.67. The average molecular weight is 389 g/mol. The highest BCUT2D eigenvalue weighted by Gasteiger charge is 2.35. The van der Waals surface area contributed by atoms with Gasteiger partial charge in [-0.05, 0) is 28.9 Å². The number of nitrogens with zero attached hydrogens (tertiary/aromatic N) is 1. The van der Waals surface area contributed by atoms with E-state index in [1.165, 1.54) is 16.2 Å². The van der Waals surface area contributed by atoms with Crippen molar-refractivity contribution in [3.8, 4) is 0 Å². The van der Waals surface area contributed by atoms with Gasteiger partial charge in [0.05, 0.1) is 18.2 Å². The Morgan fingerprint density at radius 1 is 1.50 bits per heavy atom. The van der Waals surface area contributed by atoms with Gasteiger partial charge < -0.3 is 19.7 Å². The number of carbonyl (C=O) groups is 2. The van der Waals surface area contributed by atoms with Crippen molar-refractivity contribution < 1.29 is 19.1 Å². The van der Waals surface area contributed by atoms with Gasteiger partial charge in [-0.25, -0.2) is 9.59 Å². The summed E-state index contributed by atoms with van der Waals surface area (Å²) >= 11 is 4.85. The molecule has 0 bridgehead atoms. The second-order valence-electron chi connectivity index (χ2n) is 4.74. The second kappa shape index (κ2) is 7.26. The van der Waals surface area contributed by atoms with Crippen molar-refractivity contribution in [3.05, 3.63) is 32.1 Å². The van der Waals surface area contributed by atoms with E-state index >= 15 is 0 Å². The third kappa shape index (κ3) is 3.50. The third-order valence-electron chi connectivity index (χ3n) is 3.37. The maximum Gasteiger partial charge on any atom is 0.338 e. The van der Waals surface area contributed by atoms with Crippen LogP contribution < -0.4 is 5.32 Å². The van der Waals surface area contributed by atoms with Crippen molar-refractivity contribution >= 4 is 39.3 Å². The van der Waals surface area contributed by atoms with Gasteiger partial charge in [-0.3, -0.25) is 0 Å². The van der Waals surface area contributed by atoms with Gasteiger partial charge >= 0.3 is 12.0 Å². The number of urea groups is 1. The zero-order valence-electron chi connectivity index (χ0n) is 12.5. The van der Waals surface area contributed by atoms with E-state index in [4.69, 9.17) is 9.47 Å². The molecule has 1 atom stereocenters. The first-order chi connectivity index (χ1) is 10.5. The lowest BCUT2D eigenvalue weighted by atomic mass is 10.0. The molecule has 0 saturated carbocycles. The first-order valence-corrected chi connectivity index (χ1v) is 8.28. The van der Waals surface area contributed by atoms with Gasteiger partial charge in [0.1, 0.15) is 6.61 Å². The fourth-order valence-corrected chi connectivity index (χ4v) is 3.59. The first-order valence-electron chi connectivity index (χ1n) is 6.60. The fraction of sp³-hybridized carbons (Fsp3) is 0.429. The number of amides is 2. The number of ether oxygens (including phenoxy) is 2. The standard InChI is InChI=1S/C14H17BrN2O4S/c1-8-11(13(18)21-5-4-20-3)12(16-14(19)17(8)2)10-6-9(15)7-22-10/h6-7,12H,4-5H2,1-3H3,(H,16,19)/t12-/m0/s1. The normalized spacial score (nSPS) is 18.5. The van der Waals surface area contributed by atoms with Crippen LogP contribution in [0.2, 0.25) is 0 Å². The SMILES string of the molecule is COCCOC(=O)C1=C(C)N(C)C(=O)N[C@H]1c1cc(Br)cs1. The quantitative estimate of drug-likeness (QED) is 0.621. The number of hydrogen-bond donors (Lipinski definition) is 1. The number of rotatable bonds is 5. The number of esters is 1. The molecule has 0 fully saturated rings. The van der Waals surface area contributed by atoms with Crippen molar-refractivity contribution in [3.63, 3.8) is 0 Å². The number of thiophene rings is 1. The zero-order valence-corrected chi connectivity index (χ0v) is 14.9. The molecule has 2 heterocycles. The monoisotopic (exact) mass is 388 g/mol. The fourth-order valence-electron chi connectivity index (χ4n) is 2.09. The van der Waals surface area contributed by atoms with Crippen LogP contribution in [0.15, 0.2) is 27.2 Å². The summed E-state index contributed by atoms with van der Waals surface area (Å²) in [7, 11) is 3.16. The molecule has 2 amide bonds. The number of nitrogens with one attached hydrogen (secondary N) is 1. The lowest BCUT2D eigenvalue weighted by molar-refractivity contribution is -0.140. The van der Waals surface area contributed by atoms with E-state index in [1.54, 1.807) is 21.1 Å². The van der Waals surface area contributed by atoms with Gasteiger partial charge in [0, 0.05) is 34.6 Å². The summed E-state index contributed by atoms with van der Waals surface area (Å²) in [4.78, 5) is 26.7. The summed E-state index contributed by atoms with van der Waals surface area (Å²) in [6.45, 7) is 2.24. The molecule has 1 aliphatic heterocycles. The molecule has 0 saturated heterocycles. The summed E-state index contributed by atoms with van der Waals surface area (Å²) < 4.78 is 11.0. The molecular weight excluding hydrogens is 372 g/mol. The maximum atomic E-state index is 12.4. The van der Waals surface area contributed by atoms with Crippen LogP contribution in [0.5, 0.6) is 0 Å². The Hall–Kier alpha value is -1.38. The van der Waals surface area contributed by atoms with E-state index in [-0.39, 0.29) is 12.6 Å². The summed E-state index contributed by atoms with van der Waals surface area (Å²) in [5.74, 6) is -0.448. The Morgan fingerprint density at radius 2 is 2.23 bits per heavy atom. The largest absolute Gasteiger partial charge is 0.460 e.